The fraction of sp³-hybridized carbons (Fsp3) is 0.243. The Morgan fingerprint density at radius 2 is 1.61 bits per heavy atom. The lowest BCUT2D eigenvalue weighted by atomic mass is 9.94. The van der Waals surface area contributed by atoms with E-state index in [0.29, 0.717) is 55.2 Å². The maximum Gasteiger partial charge on any atom is 0.295 e. The lowest BCUT2D eigenvalue weighted by molar-refractivity contribution is -0.139. The van der Waals surface area contributed by atoms with Gasteiger partial charge in [-0.05, 0) is 72.9 Å². The van der Waals surface area contributed by atoms with Gasteiger partial charge < -0.3 is 24.2 Å². The van der Waals surface area contributed by atoms with Gasteiger partial charge >= 0.3 is 0 Å². The van der Waals surface area contributed by atoms with Crippen molar-refractivity contribution in [1.29, 1.82) is 0 Å². The van der Waals surface area contributed by atoms with Crippen LogP contribution in [0.4, 0.5) is 0 Å². The van der Waals surface area contributed by atoms with Gasteiger partial charge in [-0.25, -0.2) is 0 Å². The van der Waals surface area contributed by atoms with Crippen molar-refractivity contribution in [2.45, 2.75) is 45.4 Å². The van der Waals surface area contributed by atoms with E-state index in [1.807, 2.05) is 86.6 Å². The first-order valence-corrected chi connectivity index (χ1v) is 15.0. The second-order valence-corrected chi connectivity index (χ2v) is 11.1. The Balaban J connectivity index is 1.40. The molecule has 1 amide bonds. The molecule has 7 nitrogen and oxygen atoms in total. The molecular formula is C37H35NO6. The molecule has 2 heterocycles. The molecule has 44 heavy (non-hydrogen) atoms. The van der Waals surface area contributed by atoms with Crippen LogP contribution in [-0.4, -0.2) is 41.0 Å². The largest absolute Gasteiger partial charge is 0.507 e. The van der Waals surface area contributed by atoms with Gasteiger partial charge in [0.25, 0.3) is 11.7 Å². The number of hydrogen-bond acceptors (Lipinski definition) is 6. The minimum Gasteiger partial charge on any atom is -0.507 e. The molecular weight excluding hydrogens is 554 g/mol. The van der Waals surface area contributed by atoms with E-state index in [-0.39, 0.29) is 17.4 Å². The van der Waals surface area contributed by atoms with E-state index in [2.05, 4.69) is 0 Å². The normalized spacial score (nSPS) is 18.6. The van der Waals surface area contributed by atoms with Crippen molar-refractivity contribution in [3.8, 4) is 17.2 Å². The Hall–Kier alpha value is -5.04. The molecule has 2 atom stereocenters. The molecule has 1 fully saturated rings. The molecule has 1 saturated heterocycles. The van der Waals surface area contributed by atoms with Crippen LogP contribution in [0, 0.1) is 0 Å². The molecule has 0 spiro atoms. The third-order valence-electron chi connectivity index (χ3n) is 8.01. The number of Topliss-reactive ketones (excluding diaryl/α,β-unsaturated/α-hetero) is 1. The number of benzene rings is 4. The molecule has 6 rings (SSSR count). The number of carbonyl (C=O) groups excluding carboxylic acids is 2. The van der Waals surface area contributed by atoms with E-state index >= 15 is 0 Å². The number of ketones is 1. The maximum atomic E-state index is 13.7. The second-order valence-electron chi connectivity index (χ2n) is 11.1. The van der Waals surface area contributed by atoms with Gasteiger partial charge in [-0.1, -0.05) is 66.7 Å². The third kappa shape index (κ3) is 5.91. The van der Waals surface area contributed by atoms with Gasteiger partial charge in [0, 0.05) is 18.5 Å². The van der Waals surface area contributed by atoms with E-state index in [4.69, 9.17) is 14.2 Å². The van der Waals surface area contributed by atoms with Crippen LogP contribution in [0.3, 0.4) is 0 Å². The average molecular weight is 590 g/mol. The molecule has 0 aromatic heterocycles. The smallest absolute Gasteiger partial charge is 0.295 e. The van der Waals surface area contributed by atoms with Crippen LogP contribution >= 0.6 is 0 Å². The van der Waals surface area contributed by atoms with Crippen LogP contribution in [0.15, 0.2) is 103 Å². The molecule has 7 heteroatoms. The summed E-state index contributed by atoms with van der Waals surface area (Å²) >= 11 is 0. The van der Waals surface area contributed by atoms with Crippen molar-refractivity contribution in [1.82, 2.24) is 4.90 Å². The SMILES string of the molecule is CCOc1cc([C@@H]2/C(=C(\O)c3ccc4c(c3)C[C@H](C)O4)C(=O)C(=O)N2CCc2ccccc2)ccc1OCc1ccccc1. The number of fused-ring (bicyclic) bond motifs is 1. The molecule has 4 aromatic carbocycles. The Kier molecular flexibility index (Phi) is 8.37. The lowest BCUT2D eigenvalue weighted by Crippen LogP contribution is -2.31. The number of nitrogens with zero attached hydrogens (tertiary/aromatic N) is 1. The second kappa shape index (κ2) is 12.7. The molecule has 224 valence electrons. The molecule has 2 aliphatic heterocycles. The first kappa shape index (κ1) is 29.1. The first-order valence-electron chi connectivity index (χ1n) is 15.0. The van der Waals surface area contributed by atoms with Crippen LogP contribution < -0.4 is 14.2 Å². The topological polar surface area (TPSA) is 85.3 Å². The molecule has 1 N–H and O–H groups in total. The first-order chi connectivity index (χ1) is 21.4. The summed E-state index contributed by atoms with van der Waals surface area (Å²) < 4.78 is 17.9. The summed E-state index contributed by atoms with van der Waals surface area (Å²) in [7, 11) is 0. The highest BCUT2D eigenvalue weighted by Crippen LogP contribution is 2.43. The Labute approximate surface area is 257 Å². The Bertz CT molecular complexity index is 1700. The highest BCUT2D eigenvalue weighted by molar-refractivity contribution is 6.46. The monoisotopic (exact) mass is 589 g/mol. The zero-order chi connectivity index (χ0) is 30.6. The van der Waals surface area contributed by atoms with Crippen molar-refractivity contribution in [3.05, 3.63) is 130 Å². The number of aliphatic hydroxyl groups excluding tert-OH is 1. The molecule has 0 bridgehead atoms. The zero-order valence-electron chi connectivity index (χ0n) is 24.9. The van der Waals surface area contributed by atoms with E-state index in [0.717, 1.165) is 22.4 Å². The predicted molar refractivity (Wildman–Crippen MR) is 168 cm³/mol. The van der Waals surface area contributed by atoms with Gasteiger partial charge in [0.15, 0.2) is 11.5 Å². The summed E-state index contributed by atoms with van der Waals surface area (Å²) in [6.45, 7) is 4.92. The van der Waals surface area contributed by atoms with Gasteiger partial charge in [0.2, 0.25) is 0 Å². The van der Waals surface area contributed by atoms with E-state index in [1.165, 1.54) is 0 Å². The van der Waals surface area contributed by atoms with Gasteiger partial charge in [0.1, 0.15) is 24.2 Å². The average Bonchev–Trinajstić information content (AvgIpc) is 3.54. The number of carbonyl (C=O) groups is 2. The number of amides is 1. The van der Waals surface area contributed by atoms with Gasteiger partial charge in [-0.15, -0.1) is 0 Å². The Morgan fingerprint density at radius 1 is 0.886 bits per heavy atom. The summed E-state index contributed by atoms with van der Waals surface area (Å²) in [5.74, 6) is 0.245. The predicted octanol–water partition coefficient (Wildman–Crippen LogP) is 6.65. The standard InChI is InChI=1S/C37H35NO6/c1-3-42-32-22-27(14-17-31(32)43-23-26-12-8-5-9-13-26)34-33(35(39)28-15-16-30-29(21-28)20-24(2)44-30)36(40)37(41)38(34)19-18-25-10-6-4-7-11-25/h4-17,21-22,24,34,39H,3,18-20,23H2,1-2H3/b35-33+/t24-,34+/m0/s1. The number of hydrogen-bond donors (Lipinski definition) is 1. The number of likely N-dealkylation sites (tertiary alicyclic amines) is 1. The van der Waals surface area contributed by atoms with Crippen LogP contribution in [0.5, 0.6) is 17.2 Å². The highest BCUT2D eigenvalue weighted by atomic mass is 16.5. The minimum absolute atomic E-state index is 0.0329. The zero-order valence-corrected chi connectivity index (χ0v) is 24.9. The van der Waals surface area contributed by atoms with E-state index < -0.39 is 17.7 Å². The Morgan fingerprint density at radius 3 is 2.34 bits per heavy atom. The number of aliphatic hydroxyl groups is 1. The van der Waals surface area contributed by atoms with E-state index in [1.54, 1.807) is 29.2 Å². The molecule has 2 aliphatic rings. The fourth-order valence-corrected chi connectivity index (χ4v) is 5.89. The van der Waals surface area contributed by atoms with Crippen LogP contribution in [0.25, 0.3) is 5.76 Å². The number of rotatable bonds is 10. The summed E-state index contributed by atoms with van der Waals surface area (Å²) in [6, 6.07) is 29.7. The maximum absolute atomic E-state index is 13.7. The van der Waals surface area contributed by atoms with Gasteiger partial charge in [-0.3, -0.25) is 9.59 Å². The summed E-state index contributed by atoms with van der Waals surface area (Å²) in [5.41, 5.74) is 4.18. The van der Waals surface area contributed by atoms with Crippen molar-refractivity contribution in [3.63, 3.8) is 0 Å². The van der Waals surface area contributed by atoms with Crippen LogP contribution in [0.2, 0.25) is 0 Å². The summed E-state index contributed by atoms with van der Waals surface area (Å²) in [4.78, 5) is 28.8. The molecule has 0 radical (unpaired) electrons. The van der Waals surface area contributed by atoms with Crippen molar-refractivity contribution in [2.24, 2.45) is 0 Å². The number of ether oxygens (including phenoxy) is 3. The van der Waals surface area contributed by atoms with Gasteiger partial charge in [-0.2, -0.15) is 0 Å². The fourth-order valence-electron chi connectivity index (χ4n) is 5.89. The highest BCUT2D eigenvalue weighted by Gasteiger charge is 2.46. The van der Waals surface area contributed by atoms with E-state index in [9.17, 15) is 14.7 Å². The minimum atomic E-state index is -0.815. The molecule has 0 aliphatic carbocycles. The van der Waals surface area contributed by atoms with Crippen molar-refractivity contribution in [2.75, 3.05) is 13.2 Å². The van der Waals surface area contributed by atoms with Crippen molar-refractivity contribution >= 4 is 17.4 Å². The van der Waals surface area contributed by atoms with Gasteiger partial charge in [0.05, 0.1) is 18.2 Å². The third-order valence-corrected chi connectivity index (χ3v) is 8.01. The van der Waals surface area contributed by atoms with Crippen molar-refractivity contribution < 1.29 is 28.9 Å². The summed E-state index contributed by atoms with van der Waals surface area (Å²) in [5, 5.41) is 11.7. The van der Waals surface area contributed by atoms with Crippen LogP contribution in [-0.2, 0) is 29.0 Å². The lowest BCUT2D eigenvalue weighted by Gasteiger charge is -2.26. The molecule has 4 aromatic rings. The summed E-state index contributed by atoms with van der Waals surface area (Å²) in [6.07, 6.45) is 1.29. The molecule has 0 saturated carbocycles. The molecule has 0 unspecified atom stereocenters. The van der Waals surface area contributed by atoms with Crippen LogP contribution in [0.1, 0.15) is 47.7 Å². The quantitative estimate of drug-likeness (QED) is 0.127.